The molecular formula is C60H99N21O22P4. The SMILES string of the molecule is CC(C)OP(=O)(COC(C)Cc1cnc2c(=O)[nH]c(NC(=O)C(C)C)nn12)OC(C)C.CC(C)OP(=O)(COC(C)Cc1cnc2c(N)nc(NC(=O)C(C)C)nn12)OC(C)C.CC(Cc1cnc2c(=O)[nH]c(N)nn12)OCP(=O)(O)O.CC(Cc1cnc2c(=O)[nH]c(NC(=O)C(C)C)nn12)OCP(=O)(O)O. The van der Waals surface area contributed by atoms with Gasteiger partial charge in [-0.3, -0.25) is 77.9 Å². The highest BCUT2D eigenvalue weighted by molar-refractivity contribution is 7.54. The minimum atomic E-state index is -4.26. The number of nitrogens with one attached hydrogen (secondary N) is 6. The number of fused-ring (bicyclic) bond motifs is 4. The summed E-state index contributed by atoms with van der Waals surface area (Å²) < 4.78 is 96.5. The van der Waals surface area contributed by atoms with Crippen LogP contribution in [-0.4, -0.2) is 190 Å². The lowest BCUT2D eigenvalue weighted by molar-refractivity contribution is -0.119. The zero-order valence-corrected chi connectivity index (χ0v) is 66.3. The van der Waals surface area contributed by atoms with E-state index < -0.39 is 78.1 Å². The summed E-state index contributed by atoms with van der Waals surface area (Å²) >= 11 is 0. The first kappa shape index (κ1) is 89.7. The molecule has 47 heteroatoms. The zero-order chi connectivity index (χ0) is 80.4. The van der Waals surface area contributed by atoms with Crippen LogP contribution < -0.4 is 44.1 Å². The molecule has 8 rings (SSSR count). The van der Waals surface area contributed by atoms with Crippen molar-refractivity contribution >= 4 is 100 Å². The van der Waals surface area contributed by atoms with Gasteiger partial charge in [-0.2, -0.15) is 4.98 Å². The number of aromatic amines is 3. The Morgan fingerprint density at radius 1 is 0.421 bits per heavy atom. The number of hydrogen-bond donors (Lipinski definition) is 12. The van der Waals surface area contributed by atoms with E-state index in [9.17, 15) is 47.0 Å². The van der Waals surface area contributed by atoms with Gasteiger partial charge in [-0.15, -0.1) is 20.4 Å². The highest BCUT2D eigenvalue weighted by Gasteiger charge is 2.32. The highest BCUT2D eigenvalue weighted by Crippen LogP contribution is 2.52. The first-order chi connectivity index (χ1) is 49.6. The lowest BCUT2D eigenvalue weighted by Crippen LogP contribution is -2.24. The number of H-pyrrole nitrogens is 3. The van der Waals surface area contributed by atoms with Crippen LogP contribution in [0.5, 0.6) is 0 Å². The second-order valence-electron chi connectivity index (χ2n) is 26.5. The number of imidazole rings is 4. The van der Waals surface area contributed by atoms with E-state index in [4.69, 9.17) is 68.1 Å². The van der Waals surface area contributed by atoms with E-state index in [2.05, 4.69) is 76.2 Å². The molecule has 14 N–H and O–H groups in total. The van der Waals surface area contributed by atoms with E-state index in [-0.39, 0.29) is 138 Å². The van der Waals surface area contributed by atoms with Gasteiger partial charge in [0.25, 0.3) is 16.7 Å². The first-order valence-electron chi connectivity index (χ1n) is 33.7. The third-order valence-electron chi connectivity index (χ3n) is 13.7. The highest BCUT2D eigenvalue weighted by atomic mass is 31.2. The Hall–Kier alpha value is -7.95. The Morgan fingerprint density at radius 3 is 1.01 bits per heavy atom. The Balaban J connectivity index is 0.000000259. The van der Waals surface area contributed by atoms with Crippen molar-refractivity contribution in [2.75, 3.05) is 52.8 Å². The van der Waals surface area contributed by atoms with Crippen molar-refractivity contribution in [3.05, 3.63) is 78.6 Å². The van der Waals surface area contributed by atoms with Crippen LogP contribution in [0.25, 0.3) is 22.6 Å². The Morgan fingerprint density at radius 2 is 0.701 bits per heavy atom. The number of carbonyl (C=O) groups excluding carboxylic acids is 3. The fourth-order valence-corrected chi connectivity index (χ4v) is 13.7. The van der Waals surface area contributed by atoms with Crippen LogP contribution >= 0.6 is 30.4 Å². The fraction of sp³-hybridized carbons (Fsp3) is 0.617. The number of nitrogen functional groups attached to an aromatic ring is 2. The van der Waals surface area contributed by atoms with Gasteiger partial charge in [-0.05, 0) is 83.1 Å². The van der Waals surface area contributed by atoms with E-state index in [1.54, 1.807) is 124 Å². The largest absolute Gasteiger partial charge is 0.380 e. The lowest BCUT2D eigenvalue weighted by atomic mass is 10.2. The number of aromatic nitrogens is 16. The second kappa shape index (κ2) is 39.4. The number of carbonyl (C=O) groups is 3. The van der Waals surface area contributed by atoms with Gasteiger partial charge >= 0.3 is 30.4 Å². The Kier molecular flexibility index (Phi) is 33.0. The maximum Gasteiger partial charge on any atom is 0.356 e. The Bertz CT molecular complexity index is 4660. The van der Waals surface area contributed by atoms with Crippen molar-refractivity contribution in [3.63, 3.8) is 0 Å². The van der Waals surface area contributed by atoms with E-state index >= 15 is 0 Å². The summed E-state index contributed by atoms with van der Waals surface area (Å²) in [6.07, 6.45) is 2.63. The van der Waals surface area contributed by atoms with Gasteiger partial charge in [0.15, 0.2) is 11.5 Å². The van der Waals surface area contributed by atoms with Gasteiger partial charge < -0.3 is 68.1 Å². The molecule has 8 aromatic rings. The number of amides is 3. The minimum absolute atomic E-state index is 0.0146. The number of rotatable bonds is 34. The van der Waals surface area contributed by atoms with Crippen molar-refractivity contribution in [3.8, 4) is 0 Å². The molecule has 0 saturated carbocycles. The molecule has 0 spiro atoms. The Labute approximate surface area is 613 Å². The molecule has 3 amide bonds. The molecule has 4 atom stereocenters. The quantitative estimate of drug-likeness (QED) is 0.0225. The molecule has 596 valence electrons. The molecule has 107 heavy (non-hydrogen) atoms. The number of hydrogen-bond acceptors (Lipinski definition) is 29. The molecule has 8 heterocycles. The van der Waals surface area contributed by atoms with Crippen LogP contribution in [0.3, 0.4) is 0 Å². The van der Waals surface area contributed by atoms with Gasteiger partial charge in [0, 0.05) is 43.4 Å². The molecule has 0 aliphatic heterocycles. The maximum atomic E-state index is 12.9. The molecule has 4 unspecified atom stereocenters. The molecule has 0 saturated heterocycles. The molecule has 0 aliphatic carbocycles. The summed E-state index contributed by atoms with van der Waals surface area (Å²) in [5.41, 5.74) is 12.9. The number of nitrogens with two attached hydrogens (primary N) is 2. The third kappa shape index (κ3) is 29.2. The molecule has 0 fully saturated rings. The smallest absolute Gasteiger partial charge is 0.356 e. The van der Waals surface area contributed by atoms with Gasteiger partial charge in [0.1, 0.15) is 25.4 Å². The second-order valence-corrected chi connectivity index (χ2v) is 33.5. The predicted octanol–water partition coefficient (Wildman–Crippen LogP) is 5.39. The maximum absolute atomic E-state index is 12.9. The molecule has 0 radical (unpaired) electrons. The van der Waals surface area contributed by atoms with Gasteiger partial charge in [0.2, 0.25) is 58.5 Å². The molecule has 0 aliphatic rings. The third-order valence-corrected chi connectivity index (χ3v) is 18.5. The van der Waals surface area contributed by atoms with Crippen molar-refractivity contribution in [2.24, 2.45) is 17.8 Å². The number of anilines is 5. The predicted molar refractivity (Wildman–Crippen MR) is 391 cm³/mol. The van der Waals surface area contributed by atoms with Crippen LogP contribution in [0.1, 0.15) is 147 Å². The van der Waals surface area contributed by atoms with Crippen LogP contribution in [0.15, 0.2) is 39.2 Å². The van der Waals surface area contributed by atoms with E-state index in [0.717, 1.165) is 0 Å². The van der Waals surface area contributed by atoms with Gasteiger partial charge in [-0.1, -0.05) is 41.5 Å². The monoisotopic (exact) mass is 1590 g/mol. The van der Waals surface area contributed by atoms with Crippen LogP contribution in [0.4, 0.5) is 29.6 Å². The number of ether oxygens (including phenoxy) is 4. The normalized spacial score (nSPS) is 13.5. The van der Waals surface area contributed by atoms with Crippen LogP contribution in [0, 0.1) is 17.8 Å². The molecule has 8 aromatic heterocycles. The molecule has 0 aromatic carbocycles. The molecule has 0 bridgehead atoms. The van der Waals surface area contributed by atoms with Crippen LogP contribution in [0.2, 0.25) is 0 Å². The average Bonchev–Trinajstić information content (AvgIpc) is 1.68. The summed E-state index contributed by atoms with van der Waals surface area (Å²) in [6, 6.07) is 0. The van der Waals surface area contributed by atoms with E-state index in [0.29, 0.717) is 41.3 Å². The van der Waals surface area contributed by atoms with Gasteiger partial charge in [-0.25, -0.2) is 38.0 Å². The summed E-state index contributed by atoms with van der Waals surface area (Å²) in [5, 5.41) is 24.4. The van der Waals surface area contributed by atoms with Crippen molar-refractivity contribution < 1.29 is 89.3 Å². The summed E-state index contributed by atoms with van der Waals surface area (Å²) in [6.45, 7) is 31.6. The standard InChI is InChI=1S/C19H33N6O5P.C19H32N5O6P.C13H20N5O6P.C9H14N5O5P/c1-11(2)18(26)23-19-22-16(20)17-21-9-15(25(17)24-19)8-14(7)28-10-31(27,29-12(3)4)30-13(5)6;1-11(2)17(25)21-19-22-18(26)16-20-9-15(24(16)23-19)8-14(7)28-10-31(27,29-12(3)4)30-13(5)6;1-7(2)11(19)15-13-16-12(20)10-14-5-9(18(10)17-13)4-8(3)24-6-25(21,22)23;1-5(19-4-20(16,17)18)2-6-3-11-7-8(15)12-9(10)13-14(6)7/h9,11-14H,8,10H2,1-7H3,(H3,20,22,23,24,26);9,11-14H,8,10H2,1-7H3,(H2,21,22,23,25,26);5,7-8H,4,6H2,1-3H3,(H2,21,22,23)(H2,15,16,17,19,20);3,5H,2,4H2,1H3,(H2,16,17,18)(H3,10,12,13,15). The topological polar surface area (TPSA) is 595 Å². The summed E-state index contributed by atoms with van der Waals surface area (Å²) in [4.78, 5) is 134. The van der Waals surface area contributed by atoms with E-state index in [1.807, 2.05) is 6.92 Å². The minimum Gasteiger partial charge on any atom is -0.380 e. The molecular weight excluding hydrogens is 1490 g/mol. The average molecular weight is 1590 g/mol. The van der Waals surface area contributed by atoms with Crippen molar-refractivity contribution in [2.45, 2.75) is 199 Å². The van der Waals surface area contributed by atoms with Crippen LogP contribution in [-0.2, 0) is 95.4 Å². The van der Waals surface area contributed by atoms with Crippen molar-refractivity contribution in [1.82, 2.24) is 78.3 Å². The van der Waals surface area contributed by atoms with E-state index in [1.165, 1.54) is 36.7 Å². The lowest BCUT2D eigenvalue weighted by Gasteiger charge is -2.24. The summed E-state index contributed by atoms with van der Waals surface area (Å²) in [5.74, 6) is -1.37. The molecule has 43 nitrogen and oxygen atoms in total. The van der Waals surface area contributed by atoms with Crippen molar-refractivity contribution in [1.29, 1.82) is 0 Å². The first-order valence-corrected chi connectivity index (χ1v) is 40.7. The fourth-order valence-electron chi connectivity index (χ4n) is 9.03. The number of nitrogens with zero attached hydrogens (tertiary/aromatic N) is 13. The zero-order valence-electron chi connectivity index (χ0n) is 62.7. The summed E-state index contributed by atoms with van der Waals surface area (Å²) in [7, 11) is -15.3. The van der Waals surface area contributed by atoms with Gasteiger partial charge in [0.05, 0.1) is 96.4 Å².